The summed E-state index contributed by atoms with van der Waals surface area (Å²) in [5.41, 5.74) is 1.49. The Morgan fingerprint density at radius 1 is 1.12 bits per heavy atom. The van der Waals surface area contributed by atoms with E-state index in [0.717, 1.165) is 22.0 Å². The molecule has 0 atom stereocenters. The Balaban J connectivity index is 1.45. The van der Waals surface area contributed by atoms with E-state index in [1.807, 2.05) is 18.2 Å². The maximum atomic E-state index is 12.2. The second-order valence-corrected chi connectivity index (χ2v) is 9.84. The first-order chi connectivity index (χ1) is 12.6. The van der Waals surface area contributed by atoms with Gasteiger partial charge in [0.1, 0.15) is 5.75 Å². The van der Waals surface area contributed by atoms with Crippen LogP contribution in [-0.2, 0) is 10.0 Å². The fourth-order valence-electron chi connectivity index (χ4n) is 2.41. The highest BCUT2D eigenvalue weighted by Crippen LogP contribution is 2.30. The summed E-state index contributed by atoms with van der Waals surface area (Å²) in [7, 11) is -1.86. The van der Waals surface area contributed by atoms with Crippen LogP contribution in [0.5, 0.6) is 5.75 Å². The summed E-state index contributed by atoms with van der Waals surface area (Å²) in [6, 6.07) is 15.1. The number of benzene rings is 2. The number of thioether (sulfide) groups is 1. The van der Waals surface area contributed by atoms with Crippen LogP contribution in [0, 0.1) is 0 Å². The number of ether oxygens (including phenoxy) is 1. The van der Waals surface area contributed by atoms with Crippen LogP contribution in [0.25, 0.3) is 10.2 Å². The number of methoxy groups -OCH3 is 1. The van der Waals surface area contributed by atoms with Crippen LogP contribution in [-0.4, -0.2) is 32.0 Å². The van der Waals surface area contributed by atoms with Gasteiger partial charge in [0, 0.05) is 5.75 Å². The van der Waals surface area contributed by atoms with Gasteiger partial charge in [0.15, 0.2) is 4.34 Å². The van der Waals surface area contributed by atoms with Crippen LogP contribution in [0.1, 0.15) is 12.8 Å². The van der Waals surface area contributed by atoms with Gasteiger partial charge < -0.3 is 4.74 Å². The van der Waals surface area contributed by atoms with E-state index in [4.69, 9.17) is 4.74 Å². The molecule has 0 spiro atoms. The highest BCUT2D eigenvalue weighted by atomic mass is 32.2. The lowest BCUT2D eigenvalue weighted by atomic mass is 10.3. The minimum absolute atomic E-state index is 0.0887. The van der Waals surface area contributed by atoms with Gasteiger partial charge in [-0.05, 0) is 37.1 Å². The Morgan fingerprint density at radius 2 is 1.88 bits per heavy atom. The minimum atomic E-state index is -3.39. The first-order valence-corrected chi connectivity index (χ1v) is 11.6. The lowest BCUT2D eigenvalue weighted by Crippen LogP contribution is -2.17. The van der Waals surface area contributed by atoms with Gasteiger partial charge in [-0.25, -0.2) is 13.4 Å². The number of hydrogen-bond acceptors (Lipinski definition) is 6. The van der Waals surface area contributed by atoms with Crippen LogP contribution < -0.4 is 9.46 Å². The van der Waals surface area contributed by atoms with Crippen molar-refractivity contribution < 1.29 is 13.2 Å². The number of unbranched alkanes of at least 4 members (excludes halogenated alkanes) is 1. The molecule has 138 valence electrons. The molecule has 8 heteroatoms. The van der Waals surface area contributed by atoms with Crippen LogP contribution in [0.3, 0.4) is 0 Å². The van der Waals surface area contributed by atoms with Crippen molar-refractivity contribution in [1.29, 1.82) is 0 Å². The number of aromatic nitrogens is 1. The fraction of sp³-hybridized carbons (Fsp3) is 0.278. The molecule has 0 fully saturated rings. The molecule has 0 radical (unpaired) electrons. The molecule has 1 heterocycles. The van der Waals surface area contributed by atoms with E-state index in [0.29, 0.717) is 17.9 Å². The first-order valence-electron chi connectivity index (χ1n) is 8.19. The van der Waals surface area contributed by atoms with E-state index < -0.39 is 10.0 Å². The Bertz CT molecular complexity index is 937. The molecular formula is C18H20N2O3S3. The second-order valence-electron chi connectivity index (χ2n) is 5.62. The van der Waals surface area contributed by atoms with E-state index in [1.165, 1.54) is 11.8 Å². The molecule has 0 aliphatic heterocycles. The molecule has 1 aromatic heterocycles. The number of nitrogens with zero attached hydrogens (tertiary/aromatic N) is 1. The normalized spacial score (nSPS) is 11.6. The third-order valence-electron chi connectivity index (χ3n) is 3.68. The third-order valence-corrected chi connectivity index (χ3v) is 7.30. The van der Waals surface area contributed by atoms with E-state index in [9.17, 15) is 8.42 Å². The molecule has 0 aliphatic rings. The summed E-state index contributed by atoms with van der Waals surface area (Å²) >= 11 is 3.35. The number of nitrogens with one attached hydrogen (secondary N) is 1. The van der Waals surface area contributed by atoms with Gasteiger partial charge in [0.2, 0.25) is 10.0 Å². The smallest absolute Gasteiger partial charge is 0.232 e. The summed E-state index contributed by atoms with van der Waals surface area (Å²) in [6.07, 6.45) is 1.41. The Hall–Kier alpha value is -1.77. The molecular weight excluding hydrogens is 388 g/mol. The third kappa shape index (κ3) is 5.12. The van der Waals surface area contributed by atoms with Gasteiger partial charge in [0.05, 0.1) is 28.8 Å². The molecule has 2 aromatic carbocycles. The SMILES string of the molecule is COc1ccccc1NS(=O)(=O)CCCCSc1nc2ccccc2s1. The van der Waals surface area contributed by atoms with Gasteiger partial charge >= 0.3 is 0 Å². The number of thiazole rings is 1. The standard InChI is InChI=1S/C18H20N2O3S3/c1-23-16-10-4-2-8-14(16)20-26(21,22)13-7-6-12-24-18-19-15-9-3-5-11-17(15)25-18/h2-5,8-11,20H,6-7,12-13H2,1H3. The molecule has 0 unspecified atom stereocenters. The zero-order chi connectivity index (χ0) is 18.4. The maximum absolute atomic E-state index is 12.2. The zero-order valence-electron chi connectivity index (χ0n) is 14.3. The van der Waals surface area contributed by atoms with Crippen molar-refractivity contribution in [2.75, 3.05) is 23.3 Å². The van der Waals surface area contributed by atoms with Gasteiger partial charge in [-0.2, -0.15) is 0 Å². The number of rotatable bonds is 9. The summed E-state index contributed by atoms with van der Waals surface area (Å²) < 4.78 is 34.4. The topological polar surface area (TPSA) is 68.3 Å². The summed E-state index contributed by atoms with van der Waals surface area (Å²) in [4.78, 5) is 4.57. The van der Waals surface area contributed by atoms with Gasteiger partial charge in [-0.1, -0.05) is 36.0 Å². The minimum Gasteiger partial charge on any atom is -0.495 e. The molecule has 26 heavy (non-hydrogen) atoms. The van der Waals surface area contributed by atoms with Crippen LogP contribution in [0.4, 0.5) is 5.69 Å². The predicted molar refractivity (Wildman–Crippen MR) is 110 cm³/mol. The molecule has 0 bridgehead atoms. The molecule has 0 saturated heterocycles. The fourth-order valence-corrected chi connectivity index (χ4v) is 5.74. The summed E-state index contributed by atoms with van der Waals surface area (Å²) in [5, 5.41) is 0. The molecule has 5 nitrogen and oxygen atoms in total. The van der Waals surface area contributed by atoms with Crippen molar-refractivity contribution in [3.05, 3.63) is 48.5 Å². The van der Waals surface area contributed by atoms with Crippen molar-refractivity contribution in [2.24, 2.45) is 0 Å². The summed E-state index contributed by atoms with van der Waals surface area (Å²) in [6.45, 7) is 0. The Labute approximate surface area is 161 Å². The van der Waals surface area contributed by atoms with Gasteiger partial charge in [-0.3, -0.25) is 4.72 Å². The lowest BCUT2D eigenvalue weighted by molar-refractivity contribution is 0.417. The highest BCUT2D eigenvalue weighted by Gasteiger charge is 2.13. The molecule has 1 N–H and O–H groups in total. The van der Waals surface area contributed by atoms with Crippen molar-refractivity contribution in [3.63, 3.8) is 0 Å². The second kappa shape index (κ2) is 8.75. The molecule has 0 saturated carbocycles. The van der Waals surface area contributed by atoms with Crippen molar-refractivity contribution >= 4 is 49.0 Å². The zero-order valence-corrected chi connectivity index (χ0v) is 16.8. The van der Waals surface area contributed by atoms with Gasteiger partial charge in [-0.15, -0.1) is 11.3 Å². The van der Waals surface area contributed by atoms with Crippen LogP contribution in [0.15, 0.2) is 52.9 Å². The maximum Gasteiger partial charge on any atom is 0.232 e. The summed E-state index contributed by atoms with van der Waals surface area (Å²) in [5.74, 6) is 1.46. The van der Waals surface area contributed by atoms with Gasteiger partial charge in [0.25, 0.3) is 0 Å². The van der Waals surface area contributed by atoms with E-state index >= 15 is 0 Å². The molecule has 3 aromatic rings. The predicted octanol–water partition coefficient (Wildman–Crippen LogP) is 4.62. The van der Waals surface area contributed by atoms with Crippen LogP contribution in [0.2, 0.25) is 0 Å². The molecule has 0 aliphatic carbocycles. The quantitative estimate of drug-likeness (QED) is 0.413. The largest absolute Gasteiger partial charge is 0.495 e. The van der Waals surface area contributed by atoms with E-state index in [1.54, 1.807) is 47.4 Å². The average Bonchev–Trinajstić information content (AvgIpc) is 3.04. The average molecular weight is 409 g/mol. The number of anilines is 1. The number of sulfonamides is 1. The van der Waals surface area contributed by atoms with Crippen LogP contribution >= 0.6 is 23.1 Å². The van der Waals surface area contributed by atoms with Crippen molar-refractivity contribution in [2.45, 2.75) is 17.2 Å². The molecule has 0 amide bonds. The monoisotopic (exact) mass is 408 g/mol. The first kappa shape index (κ1) is 19.0. The lowest BCUT2D eigenvalue weighted by Gasteiger charge is -2.11. The van der Waals surface area contributed by atoms with E-state index in [2.05, 4.69) is 15.8 Å². The number of para-hydroxylation sites is 3. The Kier molecular flexibility index (Phi) is 6.39. The number of hydrogen-bond donors (Lipinski definition) is 1. The molecule has 3 rings (SSSR count). The van der Waals surface area contributed by atoms with Crippen molar-refractivity contribution in [3.8, 4) is 5.75 Å². The Morgan fingerprint density at radius 3 is 2.69 bits per heavy atom. The van der Waals surface area contributed by atoms with E-state index in [-0.39, 0.29) is 5.75 Å². The highest BCUT2D eigenvalue weighted by molar-refractivity contribution is 8.01. The van der Waals surface area contributed by atoms with Crippen molar-refractivity contribution in [1.82, 2.24) is 4.98 Å². The number of fused-ring (bicyclic) bond motifs is 1.